The molecule has 23 heavy (non-hydrogen) atoms. The van der Waals surface area contributed by atoms with Gasteiger partial charge < -0.3 is 10.6 Å². The molecular formula is C18H34N2O3. The molecule has 0 aliphatic rings. The number of rotatable bonds is 13. The smallest absolute Gasteiger partial charge is 0.221 e. The van der Waals surface area contributed by atoms with E-state index in [1.807, 2.05) is 13.8 Å². The van der Waals surface area contributed by atoms with Gasteiger partial charge in [0.25, 0.3) is 0 Å². The molecular weight excluding hydrogens is 292 g/mol. The van der Waals surface area contributed by atoms with E-state index in [0.717, 1.165) is 32.1 Å². The van der Waals surface area contributed by atoms with Crippen molar-refractivity contribution in [2.45, 2.75) is 97.6 Å². The molecule has 0 spiro atoms. The molecule has 2 N–H and O–H groups in total. The summed E-state index contributed by atoms with van der Waals surface area (Å²) in [6.07, 6.45) is 7.26. The Labute approximate surface area is 141 Å². The number of ketones is 1. The highest BCUT2D eigenvalue weighted by Crippen LogP contribution is 2.05. The Kier molecular flexibility index (Phi) is 12.3. The fourth-order valence-electron chi connectivity index (χ4n) is 2.40. The van der Waals surface area contributed by atoms with Crippen LogP contribution in [0.25, 0.3) is 0 Å². The predicted octanol–water partition coefficient (Wildman–Crippen LogP) is 3.12. The lowest BCUT2D eigenvalue weighted by Gasteiger charge is -2.16. The quantitative estimate of drug-likeness (QED) is 0.511. The van der Waals surface area contributed by atoms with Crippen LogP contribution in [0.3, 0.4) is 0 Å². The maximum Gasteiger partial charge on any atom is 0.221 e. The van der Waals surface area contributed by atoms with Gasteiger partial charge in [0, 0.05) is 18.9 Å². The number of hydrogen-bond acceptors (Lipinski definition) is 3. The second kappa shape index (κ2) is 13.1. The van der Waals surface area contributed by atoms with Gasteiger partial charge in [-0.25, -0.2) is 0 Å². The van der Waals surface area contributed by atoms with Gasteiger partial charge in [0.2, 0.25) is 11.8 Å². The third kappa shape index (κ3) is 11.8. The molecule has 0 aromatic rings. The van der Waals surface area contributed by atoms with E-state index in [1.165, 1.54) is 13.3 Å². The monoisotopic (exact) mass is 326 g/mol. The van der Waals surface area contributed by atoms with Gasteiger partial charge in [0.05, 0.1) is 6.04 Å². The van der Waals surface area contributed by atoms with E-state index in [1.54, 1.807) is 0 Å². The van der Waals surface area contributed by atoms with Crippen molar-refractivity contribution in [1.82, 2.24) is 10.6 Å². The summed E-state index contributed by atoms with van der Waals surface area (Å²) in [7, 11) is 0. The standard InChI is InChI=1S/C18H34N2O3/c1-5-7-9-10-14(3)19-17(22)12-13-18(23)20-16(15(4)21)11-8-6-2/h14,16H,5-13H2,1-4H3,(H,19,22)(H,20,23). The SMILES string of the molecule is CCCCCC(C)NC(=O)CCC(=O)NC(CCCC)C(C)=O. The molecule has 0 saturated carbocycles. The zero-order valence-electron chi connectivity index (χ0n) is 15.2. The highest BCUT2D eigenvalue weighted by molar-refractivity contribution is 5.89. The molecule has 0 fully saturated rings. The van der Waals surface area contributed by atoms with Crippen LogP contribution in [-0.2, 0) is 14.4 Å². The third-order valence-corrected chi connectivity index (χ3v) is 3.90. The van der Waals surface area contributed by atoms with Crippen molar-refractivity contribution in [2.24, 2.45) is 0 Å². The molecule has 0 aromatic heterocycles. The van der Waals surface area contributed by atoms with E-state index in [2.05, 4.69) is 17.6 Å². The summed E-state index contributed by atoms with van der Waals surface area (Å²) in [6.45, 7) is 7.68. The van der Waals surface area contributed by atoms with Crippen molar-refractivity contribution in [1.29, 1.82) is 0 Å². The van der Waals surface area contributed by atoms with Crippen LogP contribution in [0.1, 0.15) is 85.5 Å². The van der Waals surface area contributed by atoms with Crippen LogP contribution >= 0.6 is 0 Å². The molecule has 0 bridgehead atoms. The molecule has 0 aliphatic heterocycles. The maximum absolute atomic E-state index is 11.9. The number of carbonyl (C=O) groups excluding carboxylic acids is 3. The highest BCUT2D eigenvalue weighted by atomic mass is 16.2. The first-order valence-electron chi connectivity index (χ1n) is 8.99. The summed E-state index contributed by atoms with van der Waals surface area (Å²) in [6, 6.07) is -0.273. The van der Waals surface area contributed by atoms with Crippen LogP contribution in [0.15, 0.2) is 0 Å². The number of unbranched alkanes of at least 4 members (excludes halogenated alkanes) is 3. The highest BCUT2D eigenvalue weighted by Gasteiger charge is 2.17. The van der Waals surface area contributed by atoms with Gasteiger partial charge in [-0.15, -0.1) is 0 Å². The van der Waals surface area contributed by atoms with Crippen molar-refractivity contribution < 1.29 is 14.4 Å². The molecule has 0 heterocycles. The van der Waals surface area contributed by atoms with Gasteiger partial charge >= 0.3 is 0 Å². The first-order chi connectivity index (χ1) is 10.9. The first kappa shape index (κ1) is 21.6. The molecule has 0 aromatic carbocycles. The topological polar surface area (TPSA) is 75.3 Å². The minimum absolute atomic E-state index is 0.0270. The molecule has 134 valence electrons. The molecule has 5 nitrogen and oxygen atoms in total. The number of hydrogen-bond donors (Lipinski definition) is 2. The summed E-state index contributed by atoms with van der Waals surface area (Å²) in [4.78, 5) is 35.2. The second-order valence-corrected chi connectivity index (χ2v) is 6.34. The lowest BCUT2D eigenvalue weighted by Crippen LogP contribution is -2.40. The van der Waals surface area contributed by atoms with Gasteiger partial charge in [-0.1, -0.05) is 46.0 Å². The minimum atomic E-state index is -0.418. The van der Waals surface area contributed by atoms with E-state index in [0.29, 0.717) is 6.42 Å². The number of nitrogens with one attached hydrogen (secondary N) is 2. The summed E-state index contributed by atoms with van der Waals surface area (Å²) in [5, 5.41) is 5.65. The van der Waals surface area contributed by atoms with E-state index in [-0.39, 0.29) is 36.5 Å². The van der Waals surface area contributed by atoms with E-state index >= 15 is 0 Å². The Balaban J connectivity index is 4.01. The van der Waals surface area contributed by atoms with Gasteiger partial charge in [-0.2, -0.15) is 0 Å². The average molecular weight is 326 g/mol. The van der Waals surface area contributed by atoms with Crippen molar-refractivity contribution in [3.05, 3.63) is 0 Å². The Hall–Kier alpha value is -1.39. The van der Waals surface area contributed by atoms with Gasteiger partial charge in [0.15, 0.2) is 5.78 Å². The fraction of sp³-hybridized carbons (Fsp3) is 0.833. The van der Waals surface area contributed by atoms with Crippen molar-refractivity contribution in [3.63, 3.8) is 0 Å². The second-order valence-electron chi connectivity index (χ2n) is 6.34. The lowest BCUT2D eigenvalue weighted by molar-refractivity contribution is -0.129. The lowest BCUT2D eigenvalue weighted by atomic mass is 10.1. The van der Waals surface area contributed by atoms with Gasteiger partial charge in [0.1, 0.15) is 0 Å². The van der Waals surface area contributed by atoms with Crippen LogP contribution in [0.4, 0.5) is 0 Å². The van der Waals surface area contributed by atoms with Crippen LogP contribution in [0.2, 0.25) is 0 Å². The van der Waals surface area contributed by atoms with Crippen molar-refractivity contribution >= 4 is 17.6 Å². The largest absolute Gasteiger partial charge is 0.354 e. The summed E-state index contributed by atoms with van der Waals surface area (Å²) in [5.41, 5.74) is 0. The molecule has 2 amide bonds. The minimum Gasteiger partial charge on any atom is -0.354 e. The van der Waals surface area contributed by atoms with Gasteiger partial charge in [-0.05, 0) is 26.7 Å². The van der Waals surface area contributed by atoms with E-state index in [4.69, 9.17) is 0 Å². The number of carbonyl (C=O) groups is 3. The molecule has 2 unspecified atom stereocenters. The third-order valence-electron chi connectivity index (χ3n) is 3.90. The van der Waals surface area contributed by atoms with E-state index < -0.39 is 6.04 Å². The average Bonchev–Trinajstić information content (AvgIpc) is 2.49. The zero-order valence-corrected chi connectivity index (χ0v) is 15.2. The molecule has 0 radical (unpaired) electrons. The summed E-state index contributed by atoms with van der Waals surface area (Å²) in [5.74, 6) is -0.354. The summed E-state index contributed by atoms with van der Waals surface area (Å²) >= 11 is 0. The van der Waals surface area contributed by atoms with Crippen LogP contribution in [0.5, 0.6) is 0 Å². The predicted molar refractivity (Wildman–Crippen MR) is 93.1 cm³/mol. The molecule has 5 heteroatoms. The first-order valence-corrected chi connectivity index (χ1v) is 8.99. The molecule has 0 saturated heterocycles. The Morgan fingerprint density at radius 1 is 0.826 bits per heavy atom. The fourth-order valence-corrected chi connectivity index (χ4v) is 2.40. The zero-order chi connectivity index (χ0) is 17.7. The van der Waals surface area contributed by atoms with Crippen LogP contribution in [-0.4, -0.2) is 29.7 Å². The van der Waals surface area contributed by atoms with Crippen molar-refractivity contribution in [2.75, 3.05) is 0 Å². The normalized spacial score (nSPS) is 13.2. The van der Waals surface area contributed by atoms with Crippen LogP contribution < -0.4 is 10.6 Å². The maximum atomic E-state index is 11.9. The summed E-state index contributed by atoms with van der Waals surface area (Å²) < 4.78 is 0. The number of Topliss-reactive ketones (excluding diaryl/α,β-unsaturated/α-hetero) is 1. The van der Waals surface area contributed by atoms with Crippen molar-refractivity contribution in [3.8, 4) is 0 Å². The van der Waals surface area contributed by atoms with Gasteiger partial charge in [-0.3, -0.25) is 14.4 Å². The number of amides is 2. The molecule has 2 atom stereocenters. The van der Waals surface area contributed by atoms with E-state index in [9.17, 15) is 14.4 Å². The molecule has 0 rings (SSSR count). The van der Waals surface area contributed by atoms with Crippen LogP contribution in [0, 0.1) is 0 Å². The Bertz CT molecular complexity index is 369. The molecule has 0 aliphatic carbocycles. The Morgan fingerprint density at radius 3 is 1.91 bits per heavy atom. The Morgan fingerprint density at radius 2 is 1.39 bits per heavy atom.